The van der Waals surface area contributed by atoms with Crippen LogP contribution < -0.4 is 14.8 Å². The second-order valence-electron chi connectivity index (χ2n) is 6.20. The van der Waals surface area contributed by atoms with E-state index < -0.39 is 0 Å². The zero-order chi connectivity index (χ0) is 18.1. The van der Waals surface area contributed by atoms with Crippen molar-refractivity contribution in [3.05, 3.63) is 84.2 Å². The Bertz CT molecular complexity index is 1140. The van der Waals surface area contributed by atoms with E-state index in [1.54, 1.807) is 4.57 Å². The van der Waals surface area contributed by atoms with Gasteiger partial charge in [-0.3, -0.25) is 14.2 Å². The number of ketones is 1. The van der Waals surface area contributed by atoms with Gasteiger partial charge < -0.3 is 0 Å². The van der Waals surface area contributed by atoms with Crippen LogP contribution in [-0.4, -0.2) is 10.4 Å². The standard InChI is InChI=1S/C21H16BrNO2S/c22-15-11-9-14(10-12-15)13-19-20(25)23(16-5-2-1-3-6-16)21(26-19)17-7-4-8-18(17)24/h1-3,5-6,9-13H,4,7-8H2/b19-13+,21-17+. The molecule has 0 amide bonds. The molecule has 26 heavy (non-hydrogen) atoms. The summed E-state index contributed by atoms with van der Waals surface area (Å²) in [5.74, 6) is 0.158. The Kier molecular flexibility index (Phi) is 4.74. The van der Waals surface area contributed by atoms with Gasteiger partial charge in [0.2, 0.25) is 0 Å². The van der Waals surface area contributed by atoms with Crippen LogP contribution >= 0.6 is 27.3 Å². The number of Topliss-reactive ketones (excluding diaryl/α,β-unsaturated/α-hetero) is 1. The number of carbonyl (C=O) groups is 1. The molecule has 1 aliphatic carbocycles. The average molecular weight is 426 g/mol. The molecule has 2 aromatic carbocycles. The molecular weight excluding hydrogens is 410 g/mol. The fourth-order valence-corrected chi connectivity index (χ4v) is 4.61. The normalized spacial score (nSPS) is 17.1. The van der Waals surface area contributed by atoms with E-state index in [0.717, 1.165) is 38.8 Å². The first-order valence-electron chi connectivity index (χ1n) is 8.44. The fraction of sp³-hybridized carbons (Fsp3) is 0.143. The Morgan fingerprint density at radius 1 is 0.962 bits per heavy atom. The molecular formula is C21H16BrNO2S. The van der Waals surface area contributed by atoms with E-state index in [1.807, 2.05) is 60.7 Å². The third-order valence-electron chi connectivity index (χ3n) is 4.43. The molecule has 0 saturated heterocycles. The Labute approximate surface area is 163 Å². The SMILES string of the molecule is O=C1CCC/C1=c1\s/c(=C/c2ccc(Br)cc2)c(=O)n1-c1ccccc1. The molecule has 1 heterocycles. The number of benzene rings is 2. The molecule has 1 saturated carbocycles. The summed E-state index contributed by atoms with van der Waals surface area (Å²) in [5, 5.41) is 0. The number of hydrogen-bond donors (Lipinski definition) is 0. The van der Waals surface area contributed by atoms with Gasteiger partial charge in [0.05, 0.1) is 10.2 Å². The first kappa shape index (κ1) is 17.2. The molecule has 0 unspecified atom stereocenters. The quantitative estimate of drug-likeness (QED) is 0.630. The van der Waals surface area contributed by atoms with Crippen molar-refractivity contribution in [3.63, 3.8) is 0 Å². The van der Waals surface area contributed by atoms with Crippen LogP contribution in [0.3, 0.4) is 0 Å². The molecule has 130 valence electrons. The summed E-state index contributed by atoms with van der Waals surface area (Å²) in [4.78, 5) is 25.4. The van der Waals surface area contributed by atoms with Gasteiger partial charge in [-0.2, -0.15) is 0 Å². The van der Waals surface area contributed by atoms with Crippen molar-refractivity contribution in [1.29, 1.82) is 0 Å². The number of halogens is 1. The van der Waals surface area contributed by atoms with Crippen LogP contribution in [0.2, 0.25) is 0 Å². The van der Waals surface area contributed by atoms with E-state index in [-0.39, 0.29) is 11.3 Å². The third kappa shape index (κ3) is 3.24. The number of hydrogen-bond acceptors (Lipinski definition) is 3. The van der Waals surface area contributed by atoms with E-state index in [9.17, 15) is 9.59 Å². The van der Waals surface area contributed by atoms with Gasteiger partial charge >= 0.3 is 0 Å². The summed E-state index contributed by atoms with van der Waals surface area (Å²) in [6, 6.07) is 17.4. The van der Waals surface area contributed by atoms with Crippen LogP contribution in [0.1, 0.15) is 24.8 Å². The maximum absolute atomic E-state index is 13.1. The van der Waals surface area contributed by atoms with Crippen molar-refractivity contribution in [1.82, 2.24) is 4.57 Å². The minimum absolute atomic E-state index is 0.0775. The average Bonchev–Trinajstić information content (AvgIpc) is 3.21. The summed E-state index contributed by atoms with van der Waals surface area (Å²) in [6.45, 7) is 0. The molecule has 0 aliphatic heterocycles. The van der Waals surface area contributed by atoms with Crippen LogP contribution in [0, 0.1) is 0 Å². The van der Waals surface area contributed by atoms with E-state index in [1.165, 1.54) is 11.3 Å². The number of para-hydroxylation sites is 1. The molecule has 0 atom stereocenters. The van der Waals surface area contributed by atoms with Gasteiger partial charge in [0.25, 0.3) is 5.56 Å². The molecule has 0 bridgehead atoms. The van der Waals surface area contributed by atoms with E-state index in [0.29, 0.717) is 11.0 Å². The van der Waals surface area contributed by atoms with Gasteiger partial charge in [0.15, 0.2) is 5.78 Å². The maximum atomic E-state index is 13.1. The molecule has 4 rings (SSSR count). The van der Waals surface area contributed by atoms with Gasteiger partial charge in [-0.25, -0.2) is 0 Å². The lowest BCUT2D eigenvalue weighted by molar-refractivity contribution is -0.113. The van der Waals surface area contributed by atoms with Crippen molar-refractivity contribution >= 4 is 44.7 Å². The smallest absolute Gasteiger partial charge is 0.273 e. The number of nitrogens with zero attached hydrogens (tertiary/aromatic N) is 1. The van der Waals surface area contributed by atoms with Gasteiger partial charge in [0.1, 0.15) is 4.66 Å². The highest BCUT2D eigenvalue weighted by Gasteiger charge is 2.21. The Morgan fingerprint density at radius 3 is 2.35 bits per heavy atom. The van der Waals surface area contributed by atoms with E-state index in [2.05, 4.69) is 15.9 Å². The first-order chi connectivity index (χ1) is 12.6. The highest BCUT2D eigenvalue weighted by molar-refractivity contribution is 9.10. The lowest BCUT2D eigenvalue weighted by atomic mass is 10.2. The topological polar surface area (TPSA) is 39.1 Å². The first-order valence-corrected chi connectivity index (χ1v) is 10.1. The maximum Gasteiger partial charge on any atom is 0.273 e. The molecule has 1 aliphatic rings. The van der Waals surface area contributed by atoms with Crippen LogP contribution in [-0.2, 0) is 4.79 Å². The van der Waals surface area contributed by atoms with Gasteiger partial charge in [-0.1, -0.05) is 46.3 Å². The number of aromatic nitrogens is 1. The van der Waals surface area contributed by atoms with Crippen LogP contribution in [0.15, 0.2) is 63.9 Å². The Morgan fingerprint density at radius 2 is 1.69 bits per heavy atom. The monoisotopic (exact) mass is 425 g/mol. The molecule has 5 heteroatoms. The van der Waals surface area contributed by atoms with Crippen molar-refractivity contribution in [3.8, 4) is 5.69 Å². The zero-order valence-corrected chi connectivity index (χ0v) is 16.3. The minimum atomic E-state index is -0.0775. The summed E-state index contributed by atoms with van der Waals surface area (Å²) in [5.41, 5.74) is 2.46. The van der Waals surface area contributed by atoms with Gasteiger partial charge in [-0.05, 0) is 48.7 Å². The number of carbonyl (C=O) groups excluding carboxylic acids is 1. The predicted octanol–water partition coefficient (Wildman–Crippen LogP) is 3.39. The molecule has 0 N–H and O–H groups in total. The molecule has 1 aromatic heterocycles. The Balaban J connectivity index is 2.02. The minimum Gasteiger partial charge on any atom is -0.294 e. The summed E-state index contributed by atoms with van der Waals surface area (Å²) in [6.07, 6.45) is 4.06. The van der Waals surface area contributed by atoms with E-state index >= 15 is 0 Å². The van der Waals surface area contributed by atoms with Crippen molar-refractivity contribution in [2.75, 3.05) is 0 Å². The highest BCUT2D eigenvalue weighted by atomic mass is 79.9. The number of rotatable bonds is 2. The van der Waals surface area contributed by atoms with E-state index in [4.69, 9.17) is 0 Å². The lowest BCUT2D eigenvalue weighted by Gasteiger charge is -2.03. The van der Waals surface area contributed by atoms with Crippen molar-refractivity contribution < 1.29 is 4.79 Å². The molecule has 1 fully saturated rings. The van der Waals surface area contributed by atoms with Crippen LogP contribution in [0.25, 0.3) is 17.3 Å². The van der Waals surface area contributed by atoms with Gasteiger partial charge in [-0.15, -0.1) is 11.3 Å². The summed E-state index contributed by atoms with van der Waals surface area (Å²) in [7, 11) is 0. The predicted molar refractivity (Wildman–Crippen MR) is 109 cm³/mol. The molecule has 0 radical (unpaired) electrons. The highest BCUT2D eigenvalue weighted by Crippen LogP contribution is 2.20. The zero-order valence-electron chi connectivity index (χ0n) is 13.9. The van der Waals surface area contributed by atoms with Crippen molar-refractivity contribution in [2.24, 2.45) is 0 Å². The van der Waals surface area contributed by atoms with Crippen molar-refractivity contribution in [2.45, 2.75) is 19.3 Å². The largest absolute Gasteiger partial charge is 0.294 e. The Hall–Kier alpha value is -2.24. The molecule has 0 spiro atoms. The van der Waals surface area contributed by atoms with Gasteiger partial charge in [0, 0.05) is 16.5 Å². The third-order valence-corrected chi connectivity index (χ3v) is 6.09. The lowest BCUT2D eigenvalue weighted by Crippen LogP contribution is -2.31. The summed E-state index contributed by atoms with van der Waals surface area (Å²) < 4.78 is 4.09. The molecule has 3 nitrogen and oxygen atoms in total. The van der Waals surface area contributed by atoms with Crippen LogP contribution in [0.5, 0.6) is 0 Å². The van der Waals surface area contributed by atoms with Crippen LogP contribution in [0.4, 0.5) is 0 Å². The summed E-state index contributed by atoms with van der Waals surface area (Å²) >= 11 is 4.83. The fourth-order valence-electron chi connectivity index (χ4n) is 3.15. The molecule has 3 aromatic rings. The second-order valence-corrected chi connectivity index (χ2v) is 8.15. The second kappa shape index (κ2) is 7.17. The number of thiazole rings is 1.